The number of rotatable bonds is 2. The molecule has 2 bridgehead atoms. The molecule has 0 spiro atoms. The minimum atomic E-state index is -0.308. The van der Waals surface area contributed by atoms with Gasteiger partial charge in [-0.1, -0.05) is 0 Å². The van der Waals surface area contributed by atoms with Crippen molar-refractivity contribution < 1.29 is 14.3 Å². The maximum absolute atomic E-state index is 11.7. The van der Waals surface area contributed by atoms with Crippen LogP contribution in [0.2, 0.25) is 0 Å². The first-order valence-corrected chi connectivity index (χ1v) is 4.82. The summed E-state index contributed by atoms with van der Waals surface area (Å²) in [4.78, 5) is 26.7. The predicted molar refractivity (Wildman–Crippen MR) is 48.6 cm³/mol. The van der Waals surface area contributed by atoms with Gasteiger partial charge >= 0.3 is 5.97 Å². The van der Waals surface area contributed by atoms with Gasteiger partial charge in [-0.3, -0.25) is 14.5 Å². The molecule has 14 heavy (non-hydrogen) atoms. The number of ether oxygens (including phenoxy) is 1. The second-order valence-electron chi connectivity index (χ2n) is 3.66. The Morgan fingerprint density at radius 2 is 2.07 bits per heavy atom. The average Bonchev–Trinajstić information content (AvgIpc) is 2.23. The SMILES string of the molecule is COC(=O)C[C@H]1C(=O)N2CCN1CC2. The highest BCUT2D eigenvalue weighted by atomic mass is 16.5. The summed E-state index contributed by atoms with van der Waals surface area (Å²) in [6.45, 7) is 3.37. The van der Waals surface area contributed by atoms with E-state index in [1.165, 1.54) is 7.11 Å². The van der Waals surface area contributed by atoms with Gasteiger partial charge in [-0.2, -0.15) is 0 Å². The van der Waals surface area contributed by atoms with E-state index < -0.39 is 0 Å². The summed E-state index contributed by atoms with van der Waals surface area (Å²) >= 11 is 0. The van der Waals surface area contributed by atoms with Crippen molar-refractivity contribution in [1.29, 1.82) is 0 Å². The van der Waals surface area contributed by atoms with E-state index >= 15 is 0 Å². The maximum Gasteiger partial charge on any atom is 0.307 e. The van der Waals surface area contributed by atoms with Crippen LogP contribution < -0.4 is 0 Å². The van der Waals surface area contributed by atoms with Gasteiger partial charge in [-0.25, -0.2) is 0 Å². The van der Waals surface area contributed by atoms with Gasteiger partial charge in [-0.05, 0) is 0 Å². The summed E-state index contributed by atoms with van der Waals surface area (Å²) in [5, 5.41) is 0. The van der Waals surface area contributed by atoms with Gasteiger partial charge in [-0.15, -0.1) is 0 Å². The zero-order chi connectivity index (χ0) is 10.1. The summed E-state index contributed by atoms with van der Waals surface area (Å²) in [6, 6.07) is -0.273. The molecule has 0 saturated carbocycles. The Kier molecular flexibility index (Phi) is 2.41. The van der Waals surface area contributed by atoms with E-state index in [9.17, 15) is 9.59 Å². The summed E-state index contributed by atoms with van der Waals surface area (Å²) in [7, 11) is 1.35. The molecule has 3 aliphatic heterocycles. The van der Waals surface area contributed by atoms with E-state index in [1.54, 1.807) is 0 Å². The number of carbonyl (C=O) groups excluding carboxylic acids is 2. The van der Waals surface area contributed by atoms with Crippen molar-refractivity contribution in [2.75, 3.05) is 33.3 Å². The minimum absolute atomic E-state index is 0.0768. The number of piperazine rings is 3. The molecule has 0 N–H and O–H groups in total. The van der Waals surface area contributed by atoms with Crippen LogP contribution in [0.3, 0.4) is 0 Å². The number of methoxy groups -OCH3 is 1. The highest BCUT2D eigenvalue weighted by Gasteiger charge is 2.40. The molecule has 3 aliphatic rings. The third-order valence-corrected chi connectivity index (χ3v) is 2.94. The molecule has 3 heterocycles. The second kappa shape index (κ2) is 3.57. The van der Waals surface area contributed by atoms with Crippen molar-refractivity contribution in [3.05, 3.63) is 0 Å². The van der Waals surface area contributed by atoms with Crippen molar-refractivity contribution >= 4 is 11.9 Å². The normalized spacial score (nSPS) is 30.6. The first-order chi connectivity index (χ1) is 6.72. The van der Waals surface area contributed by atoms with Crippen LogP contribution in [0.5, 0.6) is 0 Å². The molecule has 0 aromatic heterocycles. The zero-order valence-corrected chi connectivity index (χ0v) is 8.23. The van der Waals surface area contributed by atoms with Crippen molar-refractivity contribution in [2.45, 2.75) is 12.5 Å². The predicted octanol–water partition coefficient (Wildman–Crippen LogP) is -0.924. The lowest BCUT2D eigenvalue weighted by atomic mass is 10.0. The average molecular weight is 198 g/mol. The smallest absolute Gasteiger partial charge is 0.307 e. The van der Waals surface area contributed by atoms with E-state index in [4.69, 9.17) is 0 Å². The van der Waals surface area contributed by atoms with Crippen LogP contribution in [0.4, 0.5) is 0 Å². The standard InChI is InChI=1S/C9H14N2O3/c1-14-8(12)6-7-9(13)11-4-2-10(7)3-5-11/h7H,2-6H2,1H3/t7-/m0/s1. The fourth-order valence-electron chi connectivity index (χ4n) is 2.08. The van der Waals surface area contributed by atoms with Crippen LogP contribution in [0.15, 0.2) is 0 Å². The summed E-state index contributed by atoms with van der Waals surface area (Å²) < 4.78 is 4.57. The summed E-state index contributed by atoms with van der Waals surface area (Å²) in [5.74, 6) is -0.231. The van der Waals surface area contributed by atoms with Crippen molar-refractivity contribution in [1.82, 2.24) is 9.80 Å². The van der Waals surface area contributed by atoms with Gasteiger partial charge in [0.15, 0.2) is 0 Å². The van der Waals surface area contributed by atoms with Crippen molar-refractivity contribution in [3.63, 3.8) is 0 Å². The number of fused-ring (bicyclic) bond motifs is 3. The topological polar surface area (TPSA) is 49.9 Å². The highest BCUT2D eigenvalue weighted by molar-refractivity contribution is 5.87. The fourth-order valence-corrected chi connectivity index (χ4v) is 2.08. The molecule has 0 radical (unpaired) electrons. The van der Waals surface area contributed by atoms with Gasteiger partial charge in [0.25, 0.3) is 0 Å². The van der Waals surface area contributed by atoms with E-state index in [2.05, 4.69) is 9.64 Å². The molecular weight excluding hydrogens is 184 g/mol. The molecule has 3 rings (SSSR count). The molecule has 5 heteroatoms. The summed E-state index contributed by atoms with van der Waals surface area (Å²) in [5.41, 5.74) is 0. The minimum Gasteiger partial charge on any atom is -0.469 e. The first-order valence-electron chi connectivity index (χ1n) is 4.82. The lowest BCUT2D eigenvalue weighted by Gasteiger charge is -2.46. The van der Waals surface area contributed by atoms with Crippen LogP contribution >= 0.6 is 0 Å². The molecule has 0 aromatic carbocycles. The molecule has 0 unspecified atom stereocenters. The molecule has 78 valence electrons. The third kappa shape index (κ3) is 1.48. The quantitative estimate of drug-likeness (QED) is 0.538. The Morgan fingerprint density at radius 1 is 1.43 bits per heavy atom. The zero-order valence-electron chi connectivity index (χ0n) is 8.23. The number of nitrogens with zero attached hydrogens (tertiary/aromatic N) is 2. The lowest BCUT2D eigenvalue weighted by Crippen LogP contribution is -2.64. The first kappa shape index (κ1) is 9.45. The Morgan fingerprint density at radius 3 is 2.57 bits per heavy atom. The third-order valence-electron chi connectivity index (χ3n) is 2.94. The van der Waals surface area contributed by atoms with Gasteiger partial charge in [0.1, 0.15) is 0 Å². The van der Waals surface area contributed by atoms with Crippen molar-refractivity contribution in [3.8, 4) is 0 Å². The Balaban J connectivity index is 2.04. The molecule has 1 atom stereocenters. The fraction of sp³-hybridized carbons (Fsp3) is 0.778. The molecule has 0 aromatic rings. The van der Waals surface area contributed by atoms with Gasteiger partial charge < -0.3 is 9.64 Å². The molecule has 5 nitrogen and oxygen atoms in total. The number of amides is 1. The van der Waals surface area contributed by atoms with Crippen molar-refractivity contribution in [2.24, 2.45) is 0 Å². The monoisotopic (exact) mass is 198 g/mol. The largest absolute Gasteiger partial charge is 0.469 e. The molecule has 3 saturated heterocycles. The second-order valence-corrected chi connectivity index (χ2v) is 3.66. The van der Waals surface area contributed by atoms with Gasteiger partial charge in [0, 0.05) is 26.2 Å². The van der Waals surface area contributed by atoms with Crippen LogP contribution in [-0.2, 0) is 14.3 Å². The van der Waals surface area contributed by atoms with Crippen LogP contribution in [-0.4, -0.2) is 61.0 Å². The van der Waals surface area contributed by atoms with Crippen LogP contribution in [0.1, 0.15) is 6.42 Å². The molecular formula is C9H14N2O3. The Bertz CT molecular complexity index is 259. The number of hydrogen-bond donors (Lipinski definition) is 0. The number of carbonyl (C=O) groups is 2. The van der Waals surface area contributed by atoms with E-state index in [-0.39, 0.29) is 24.3 Å². The highest BCUT2D eigenvalue weighted by Crippen LogP contribution is 2.19. The van der Waals surface area contributed by atoms with Crippen LogP contribution in [0.25, 0.3) is 0 Å². The van der Waals surface area contributed by atoms with Gasteiger partial charge in [0.05, 0.1) is 19.6 Å². The molecule has 0 aliphatic carbocycles. The maximum atomic E-state index is 11.7. The summed E-state index contributed by atoms with van der Waals surface area (Å²) in [6.07, 6.45) is 0.186. The van der Waals surface area contributed by atoms with Crippen LogP contribution in [0, 0.1) is 0 Å². The Hall–Kier alpha value is -1.10. The lowest BCUT2D eigenvalue weighted by molar-refractivity contribution is -0.155. The molecule has 3 fully saturated rings. The van der Waals surface area contributed by atoms with Gasteiger partial charge in [0.2, 0.25) is 5.91 Å². The van der Waals surface area contributed by atoms with E-state index in [0.29, 0.717) is 0 Å². The van der Waals surface area contributed by atoms with E-state index in [0.717, 1.165) is 26.2 Å². The Labute approximate surface area is 82.6 Å². The number of esters is 1. The molecule has 1 amide bonds. The van der Waals surface area contributed by atoms with E-state index in [1.807, 2.05) is 4.90 Å². The number of hydrogen-bond acceptors (Lipinski definition) is 4.